The Morgan fingerprint density at radius 1 is 1.18 bits per heavy atom. The van der Waals surface area contributed by atoms with Gasteiger partial charge in [-0.3, -0.25) is 14.5 Å². The van der Waals surface area contributed by atoms with Gasteiger partial charge in [0.25, 0.3) is 5.91 Å². The highest BCUT2D eigenvalue weighted by Gasteiger charge is 2.31. The number of ether oxygens (including phenoxy) is 1. The maximum Gasteiger partial charge on any atom is 0.257 e. The normalized spacial score (nSPS) is 16.7. The van der Waals surface area contributed by atoms with Crippen molar-refractivity contribution in [1.29, 1.82) is 0 Å². The summed E-state index contributed by atoms with van der Waals surface area (Å²) < 4.78 is 33.1. The lowest BCUT2D eigenvalue weighted by Gasteiger charge is -2.41. The molecule has 2 N–H and O–H groups in total. The Kier molecular flexibility index (Phi) is 7.48. The van der Waals surface area contributed by atoms with Crippen LogP contribution in [0.5, 0.6) is 0 Å². The van der Waals surface area contributed by atoms with Gasteiger partial charge in [0.1, 0.15) is 23.2 Å². The Morgan fingerprint density at radius 2 is 1.75 bits per heavy atom. The van der Waals surface area contributed by atoms with Crippen LogP contribution in [0.4, 0.5) is 8.78 Å². The molecule has 1 aliphatic rings. The van der Waals surface area contributed by atoms with Crippen molar-refractivity contribution in [1.82, 2.24) is 15.5 Å². The highest BCUT2D eigenvalue weighted by Crippen LogP contribution is 2.16. The van der Waals surface area contributed by atoms with Crippen molar-refractivity contribution in [3.05, 3.63) is 35.4 Å². The first kappa shape index (κ1) is 22.2. The van der Waals surface area contributed by atoms with Crippen molar-refractivity contribution >= 4 is 11.8 Å². The molecule has 1 saturated heterocycles. The SMILES string of the molecule is CC(C)C(NC(=O)c1c(F)cccc1F)C(=O)NCC(C)(C)N1CCOCC1. The number of benzene rings is 1. The van der Waals surface area contributed by atoms with E-state index in [4.69, 9.17) is 4.74 Å². The van der Waals surface area contributed by atoms with Gasteiger partial charge in [-0.2, -0.15) is 0 Å². The van der Waals surface area contributed by atoms with Gasteiger partial charge in [0, 0.05) is 25.2 Å². The lowest BCUT2D eigenvalue weighted by Crippen LogP contribution is -2.58. The third kappa shape index (κ3) is 5.48. The molecule has 1 fully saturated rings. The number of rotatable bonds is 7. The number of halogens is 2. The molecule has 8 heteroatoms. The van der Waals surface area contributed by atoms with Crippen molar-refractivity contribution < 1.29 is 23.1 Å². The van der Waals surface area contributed by atoms with Crippen LogP contribution in [-0.4, -0.2) is 61.1 Å². The van der Waals surface area contributed by atoms with Gasteiger partial charge in [0.15, 0.2) is 0 Å². The van der Waals surface area contributed by atoms with Crippen LogP contribution in [0, 0.1) is 17.6 Å². The van der Waals surface area contributed by atoms with E-state index >= 15 is 0 Å². The van der Waals surface area contributed by atoms with E-state index in [9.17, 15) is 18.4 Å². The number of nitrogens with one attached hydrogen (secondary N) is 2. The van der Waals surface area contributed by atoms with Crippen LogP contribution in [0.3, 0.4) is 0 Å². The summed E-state index contributed by atoms with van der Waals surface area (Å²) in [7, 11) is 0. The summed E-state index contributed by atoms with van der Waals surface area (Å²) in [5.74, 6) is -3.52. The molecule has 1 aromatic carbocycles. The minimum Gasteiger partial charge on any atom is -0.379 e. The topological polar surface area (TPSA) is 70.7 Å². The fourth-order valence-electron chi connectivity index (χ4n) is 3.16. The molecule has 0 saturated carbocycles. The molecule has 1 atom stereocenters. The van der Waals surface area contributed by atoms with E-state index in [2.05, 4.69) is 15.5 Å². The predicted molar refractivity (Wildman–Crippen MR) is 102 cm³/mol. The summed E-state index contributed by atoms with van der Waals surface area (Å²) >= 11 is 0. The summed E-state index contributed by atoms with van der Waals surface area (Å²) in [6.45, 7) is 10.8. The van der Waals surface area contributed by atoms with E-state index in [0.29, 0.717) is 19.8 Å². The average Bonchev–Trinajstić information content (AvgIpc) is 2.64. The van der Waals surface area contributed by atoms with Crippen LogP contribution in [-0.2, 0) is 9.53 Å². The van der Waals surface area contributed by atoms with Crippen LogP contribution < -0.4 is 10.6 Å². The Balaban J connectivity index is 2.02. The van der Waals surface area contributed by atoms with Gasteiger partial charge in [0.2, 0.25) is 5.91 Å². The number of nitrogens with zero attached hydrogens (tertiary/aromatic N) is 1. The zero-order chi connectivity index (χ0) is 20.9. The third-order valence-corrected chi connectivity index (χ3v) is 4.99. The third-order valence-electron chi connectivity index (χ3n) is 4.99. The number of carbonyl (C=O) groups excluding carboxylic acids is 2. The van der Waals surface area contributed by atoms with E-state index in [-0.39, 0.29) is 17.4 Å². The van der Waals surface area contributed by atoms with Gasteiger partial charge in [-0.25, -0.2) is 8.78 Å². The molecule has 2 rings (SSSR count). The standard InChI is InChI=1S/C20H29F2N3O3/c1-13(2)17(24-18(26)16-14(21)6-5-7-15(16)22)19(27)23-12-20(3,4)25-8-10-28-11-9-25/h5-7,13,17H,8-12H2,1-4H3,(H,23,27)(H,24,26). The molecular weight excluding hydrogens is 368 g/mol. The number of hydrogen-bond acceptors (Lipinski definition) is 4. The van der Waals surface area contributed by atoms with Crippen molar-refractivity contribution in [3.8, 4) is 0 Å². The van der Waals surface area contributed by atoms with Gasteiger partial charge in [-0.1, -0.05) is 19.9 Å². The average molecular weight is 397 g/mol. The lowest BCUT2D eigenvalue weighted by molar-refractivity contribution is -0.124. The molecule has 6 nitrogen and oxygen atoms in total. The largest absolute Gasteiger partial charge is 0.379 e. The zero-order valence-electron chi connectivity index (χ0n) is 16.9. The van der Waals surface area contributed by atoms with Crippen LogP contribution in [0.2, 0.25) is 0 Å². The van der Waals surface area contributed by atoms with E-state index in [0.717, 1.165) is 25.2 Å². The molecule has 156 valence electrons. The van der Waals surface area contributed by atoms with Crippen molar-refractivity contribution in [3.63, 3.8) is 0 Å². The molecule has 0 aliphatic carbocycles. The molecule has 28 heavy (non-hydrogen) atoms. The highest BCUT2D eigenvalue weighted by atomic mass is 19.1. The van der Waals surface area contributed by atoms with Gasteiger partial charge < -0.3 is 15.4 Å². The maximum absolute atomic E-state index is 13.8. The summed E-state index contributed by atoms with van der Waals surface area (Å²) in [5, 5.41) is 5.33. The van der Waals surface area contributed by atoms with Gasteiger partial charge in [-0.05, 0) is 31.9 Å². The summed E-state index contributed by atoms with van der Waals surface area (Å²) in [6.07, 6.45) is 0. The summed E-state index contributed by atoms with van der Waals surface area (Å²) in [4.78, 5) is 27.3. The van der Waals surface area contributed by atoms with Crippen molar-refractivity contribution in [2.45, 2.75) is 39.3 Å². The molecule has 0 bridgehead atoms. The van der Waals surface area contributed by atoms with Crippen LogP contribution in [0.25, 0.3) is 0 Å². The number of amides is 2. The predicted octanol–water partition coefficient (Wildman–Crippen LogP) is 1.95. The first-order chi connectivity index (χ1) is 13.1. The van der Waals surface area contributed by atoms with E-state index in [1.165, 1.54) is 6.07 Å². The molecule has 1 aliphatic heterocycles. The summed E-state index contributed by atoms with van der Waals surface area (Å²) in [5.41, 5.74) is -0.975. The molecule has 1 aromatic rings. The molecule has 1 unspecified atom stereocenters. The molecule has 0 radical (unpaired) electrons. The monoisotopic (exact) mass is 397 g/mol. The maximum atomic E-state index is 13.8. The second-order valence-corrected chi connectivity index (χ2v) is 7.92. The van der Waals surface area contributed by atoms with Crippen LogP contribution in [0.1, 0.15) is 38.1 Å². The Bertz CT molecular complexity index is 684. The van der Waals surface area contributed by atoms with Crippen LogP contribution in [0.15, 0.2) is 18.2 Å². The fourth-order valence-corrected chi connectivity index (χ4v) is 3.16. The first-order valence-electron chi connectivity index (χ1n) is 9.49. The van der Waals surface area contributed by atoms with E-state index in [1.807, 2.05) is 13.8 Å². The Labute approximate surface area is 164 Å². The minimum absolute atomic E-state index is 0.259. The van der Waals surface area contributed by atoms with E-state index < -0.39 is 29.1 Å². The second-order valence-electron chi connectivity index (χ2n) is 7.92. The zero-order valence-corrected chi connectivity index (χ0v) is 16.9. The fraction of sp³-hybridized carbons (Fsp3) is 0.600. The number of morpholine rings is 1. The molecule has 2 amide bonds. The van der Waals surface area contributed by atoms with Crippen LogP contribution >= 0.6 is 0 Å². The second kappa shape index (κ2) is 9.43. The smallest absolute Gasteiger partial charge is 0.257 e. The Hall–Kier alpha value is -2.06. The minimum atomic E-state index is -0.964. The van der Waals surface area contributed by atoms with Gasteiger partial charge >= 0.3 is 0 Å². The van der Waals surface area contributed by atoms with Crippen molar-refractivity contribution in [2.24, 2.45) is 5.92 Å². The quantitative estimate of drug-likeness (QED) is 0.738. The lowest BCUT2D eigenvalue weighted by atomic mass is 9.99. The molecule has 1 heterocycles. The highest BCUT2D eigenvalue weighted by molar-refractivity contribution is 5.98. The molecule has 0 aromatic heterocycles. The summed E-state index contributed by atoms with van der Waals surface area (Å²) in [6, 6.07) is 2.29. The molecule has 0 spiro atoms. The van der Waals surface area contributed by atoms with Crippen molar-refractivity contribution in [2.75, 3.05) is 32.8 Å². The van der Waals surface area contributed by atoms with Gasteiger partial charge in [-0.15, -0.1) is 0 Å². The van der Waals surface area contributed by atoms with Gasteiger partial charge in [0.05, 0.1) is 13.2 Å². The number of carbonyl (C=O) groups is 2. The molecular formula is C20H29F2N3O3. The number of hydrogen-bond donors (Lipinski definition) is 2. The Morgan fingerprint density at radius 3 is 2.29 bits per heavy atom. The first-order valence-corrected chi connectivity index (χ1v) is 9.49. The van der Waals surface area contributed by atoms with E-state index in [1.54, 1.807) is 13.8 Å².